The molecule has 0 saturated heterocycles. The van der Waals surface area contributed by atoms with Crippen LogP contribution < -0.4 is 5.32 Å². The van der Waals surface area contributed by atoms with Crippen LogP contribution in [0.1, 0.15) is 24.2 Å². The van der Waals surface area contributed by atoms with Crippen molar-refractivity contribution in [3.63, 3.8) is 0 Å². The van der Waals surface area contributed by atoms with E-state index in [1.54, 1.807) is 29.4 Å². The minimum Gasteiger partial charge on any atom is -0.323 e. The van der Waals surface area contributed by atoms with Crippen molar-refractivity contribution in [2.45, 2.75) is 26.2 Å². The molecule has 1 amide bonds. The molecule has 1 N–H and O–H groups in total. The van der Waals surface area contributed by atoms with Crippen molar-refractivity contribution < 1.29 is 4.79 Å². The first kappa shape index (κ1) is 15.9. The van der Waals surface area contributed by atoms with Gasteiger partial charge < -0.3 is 5.32 Å². The summed E-state index contributed by atoms with van der Waals surface area (Å²) in [6, 6.07) is 10.2. The number of rotatable bonds is 6. The Bertz CT molecular complexity index is 796. The lowest BCUT2D eigenvalue weighted by atomic mass is 10.1. The summed E-state index contributed by atoms with van der Waals surface area (Å²) in [7, 11) is 0. The van der Waals surface area contributed by atoms with Gasteiger partial charge in [-0.2, -0.15) is 0 Å². The molecule has 3 rings (SSSR count). The molecule has 0 saturated carbocycles. The van der Waals surface area contributed by atoms with Crippen molar-refractivity contribution in [3.05, 3.63) is 66.5 Å². The Morgan fingerprint density at radius 3 is 2.54 bits per heavy atom. The van der Waals surface area contributed by atoms with Crippen molar-refractivity contribution in [2.24, 2.45) is 0 Å². The van der Waals surface area contributed by atoms with E-state index in [4.69, 9.17) is 0 Å². The number of nitrogens with one attached hydrogen (secondary N) is 1. The lowest BCUT2D eigenvalue weighted by Crippen LogP contribution is -2.12. The molecule has 3 aromatic rings. The third-order valence-electron chi connectivity index (χ3n) is 3.68. The van der Waals surface area contributed by atoms with Crippen LogP contribution in [0.25, 0.3) is 5.95 Å². The van der Waals surface area contributed by atoms with Gasteiger partial charge in [0.05, 0.1) is 18.1 Å². The van der Waals surface area contributed by atoms with E-state index < -0.39 is 0 Å². The standard InChI is InChI=1S/C18H19N5O/c1-14-19-10-11-23(14)18-20-12-16(13-21-18)22-17(24)9-5-8-15-6-3-2-4-7-15/h2-4,6-7,10-13H,5,8-9H2,1H3,(H,22,24). The quantitative estimate of drug-likeness (QED) is 0.757. The van der Waals surface area contributed by atoms with E-state index in [2.05, 4.69) is 32.4 Å². The van der Waals surface area contributed by atoms with Gasteiger partial charge in [-0.1, -0.05) is 30.3 Å². The Balaban J connectivity index is 1.50. The molecule has 122 valence electrons. The van der Waals surface area contributed by atoms with E-state index in [9.17, 15) is 4.79 Å². The van der Waals surface area contributed by atoms with Crippen LogP contribution in [0, 0.1) is 6.92 Å². The molecule has 0 fully saturated rings. The SMILES string of the molecule is Cc1nccn1-c1ncc(NC(=O)CCCc2ccccc2)cn1. The molecule has 0 spiro atoms. The van der Waals surface area contributed by atoms with Crippen LogP contribution in [0.15, 0.2) is 55.1 Å². The molecule has 0 unspecified atom stereocenters. The zero-order valence-electron chi connectivity index (χ0n) is 13.5. The number of imidazole rings is 1. The molecule has 0 aliphatic heterocycles. The smallest absolute Gasteiger partial charge is 0.235 e. The molecule has 0 atom stereocenters. The van der Waals surface area contributed by atoms with Gasteiger partial charge in [0.1, 0.15) is 5.82 Å². The fourth-order valence-corrected chi connectivity index (χ4v) is 2.42. The molecule has 0 aliphatic rings. The maximum atomic E-state index is 12.0. The first-order valence-electron chi connectivity index (χ1n) is 7.88. The predicted octanol–water partition coefficient (Wildman–Crippen LogP) is 2.93. The zero-order chi connectivity index (χ0) is 16.8. The molecule has 0 bridgehead atoms. The van der Waals surface area contributed by atoms with Crippen LogP contribution in [0.2, 0.25) is 0 Å². The molecule has 2 aromatic heterocycles. The van der Waals surface area contributed by atoms with E-state index in [1.165, 1.54) is 5.56 Å². The van der Waals surface area contributed by atoms with E-state index in [-0.39, 0.29) is 5.91 Å². The minimum atomic E-state index is -0.0268. The molecule has 2 heterocycles. The maximum absolute atomic E-state index is 12.0. The normalized spacial score (nSPS) is 10.5. The Hall–Kier alpha value is -3.02. The van der Waals surface area contributed by atoms with E-state index >= 15 is 0 Å². The number of nitrogens with zero attached hydrogens (tertiary/aromatic N) is 4. The van der Waals surface area contributed by atoms with Gasteiger partial charge in [0.2, 0.25) is 11.9 Å². The second-order valence-electron chi connectivity index (χ2n) is 5.50. The monoisotopic (exact) mass is 321 g/mol. The van der Waals surface area contributed by atoms with Gasteiger partial charge in [0.25, 0.3) is 0 Å². The summed E-state index contributed by atoms with van der Waals surface area (Å²) in [6.45, 7) is 1.88. The van der Waals surface area contributed by atoms with Gasteiger partial charge in [-0.15, -0.1) is 0 Å². The number of anilines is 1. The van der Waals surface area contributed by atoms with Gasteiger partial charge >= 0.3 is 0 Å². The molecule has 1 aromatic carbocycles. The highest BCUT2D eigenvalue weighted by atomic mass is 16.1. The van der Waals surface area contributed by atoms with Crippen LogP contribution in [0.4, 0.5) is 5.69 Å². The molecule has 6 heteroatoms. The van der Waals surface area contributed by atoms with E-state index in [1.807, 2.05) is 25.1 Å². The number of aryl methyl sites for hydroxylation is 2. The van der Waals surface area contributed by atoms with Gasteiger partial charge in [-0.3, -0.25) is 9.36 Å². The molecule has 0 radical (unpaired) electrons. The molecular weight excluding hydrogens is 302 g/mol. The number of carbonyl (C=O) groups is 1. The van der Waals surface area contributed by atoms with Crippen LogP contribution >= 0.6 is 0 Å². The van der Waals surface area contributed by atoms with Crippen LogP contribution in [0.3, 0.4) is 0 Å². The first-order chi connectivity index (χ1) is 11.7. The van der Waals surface area contributed by atoms with Gasteiger partial charge in [0.15, 0.2) is 0 Å². The fraction of sp³-hybridized carbons (Fsp3) is 0.222. The molecular formula is C18H19N5O. The minimum absolute atomic E-state index is 0.0268. The Morgan fingerprint density at radius 2 is 1.88 bits per heavy atom. The number of hydrogen-bond acceptors (Lipinski definition) is 4. The topological polar surface area (TPSA) is 72.7 Å². The Morgan fingerprint density at radius 1 is 1.12 bits per heavy atom. The van der Waals surface area contributed by atoms with Gasteiger partial charge in [-0.25, -0.2) is 15.0 Å². The third kappa shape index (κ3) is 4.04. The van der Waals surface area contributed by atoms with Crippen molar-refractivity contribution in [3.8, 4) is 5.95 Å². The average Bonchev–Trinajstić information content (AvgIpc) is 3.03. The number of aromatic nitrogens is 4. The third-order valence-corrected chi connectivity index (χ3v) is 3.68. The highest BCUT2D eigenvalue weighted by molar-refractivity contribution is 5.90. The Kier molecular flexibility index (Phi) is 4.96. The zero-order valence-corrected chi connectivity index (χ0v) is 13.5. The first-order valence-corrected chi connectivity index (χ1v) is 7.88. The summed E-state index contributed by atoms with van der Waals surface area (Å²) in [5.41, 5.74) is 1.84. The van der Waals surface area contributed by atoms with Gasteiger partial charge in [-0.05, 0) is 25.3 Å². The second-order valence-corrected chi connectivity index (χ2v) is 5.50. The fourth-order valence-electron chi connectivity index (χ4n) is 2.42. The molecule has 0 aliphatic carbocycles. The van der Waals surface area contributed by atoms with Crippen molar-refractivity contribution in [1.29, 1.82) is 0 Å². The van der Waals surface area contributed by atoms with Gasteiger partial charge in [0, 0.05) is 18.8 Å². The lowest BCUT2D eigenvalue weighted by molar-refractivity contribution is -0.116. The summed E-state index contributed by atoms with van der Waals surface area (Å²) in [5, 5.41) is 2.83. The molecule has 6 nitrogen and oxygen atoms in total. The number of amides is 1. The number of benzene rings is 1. The number of hydrogen-bond donors (Lipinski definition) is 1. The maximum Gasteiger partial charge on any atom is 0.235 e. The van der Waals surface area contributed by atoms with Crippen molar-refractivity contribution >= 4 is 11.6 Å². The van der Waals surface area contributed by atoms with E-state index in [0.29, 0.717) is 18.1 Å². The summed E-state index contributed by atoms with van der Waals surface area (Å²) >= 11 is 0. The Labute approximate surface area is 140 Å². The largest absolute Gasteiger partial charge is 0.323 e. The van der Waals surface area contributed by atoms with Crippen molar-refractivity contribution in [1.82, 2.24) is 19.5 Å². The average molecular weight is 321 g/mol. The van der Waals surface area contributed by atoms with Crippen LogP contribution in [-0.4, -0.2) is 25.4 Å². The molecule has 24 heavy (non-hydrogen) atoms. The second kappa shape index (κ2) is 7.50. The summed E-state index contributed by atoms with van der Waals surface area (Å²) < 4.78 is 1.78. The van der Waals surface area contributed by atoms with Crippen LogP contribution in [-0.2, 0) is 11.2 Å². The summed E-state index contributed by atoms with van der Waals surface area (Å²) in [4.78, 5) is 24.6. The highest BCUT2D eigenvalue weighted by Gasteiger charge is 2.06. The van der Waals surface area contributed by atoms with Crippen molar-refractivity contribution in [2.75, 3.05) is 5.32 Å². The predicted molar refractivity (Wildman–Crippen MR) is 91.9 cm³/mol. The summed E-state index contributed by atoms with van der Waals surface area (Å²) in [5.74, 6) is 1.32. The summed E-state index contributed by atoms with van der Waals surface area (Å²) in [6.07, 6.45) is 8.88. The lowest BCUT2D eigenvalue weighted by Gasteiger charge is -2.06. The highest BCUT2D eigenvalue weighted by Crippen LogP contribution is 2.10. The van der Waals surface area contributed by atoms with Crippen LogP contribution in [0.5, 0.6) is 0 Å². The van der Waals surface area contributed by atoms with E-state index in [0.717, 1.165) is 18.7 Å². The number of carbonyl (C=O) groups excluding carboxylic acids is 1.